The van der Waals surface area contributed by atoms with Gasteiger partial charge < -0.3 is 71.3 Å². The first kappa shape index (κ1) is 56.5. The van der Waals surface area contributed by atoms with Crippen LogP contribution < -0.4 is 31.9 Å². The molecule has 2 aliphatic rings. The van der Waals surface area contributed by atoms with Gasteiger partial charge in [-0.3, -0.25) is 9.59 Å². The summed E-state index contributed by atoms with van der Waals surface area (Å²) in [4.78, 5) is 79.8. The van der Waals surface area contributed by atoms with Crippen LogP contribution in [-0.2, 0) is 45.7 Å². The van der Waals surface area contributed by atoms with E-state index < -0.39 is 153 Å². The molecular formula is C46H54F6N6O14. The van der Waals surface area contributed by atoms with Crippen LogP contribution in [-0.4, -0.2) is 137 Å². The Labute approximate surface area is 407 Å². The molecule has 72 heavy (non-hydrogen) atoms. The quantitative estimate of drug-likeness (QED) is 0.0357. The van der Waals surface area contributed by atoms with E-state index in [9.17, 15) is 75.5 Å². The predicted octanol–water partition coefficient (Wildman–Crippen LogP) is 3.33. The average molecular weight is 1030 g/mol. The number of esters is 2. The highest BCUT2D eigenvalue weighted by molar-refractivity contribution is 5.99. The first-order chi connectivity index (χ1) is 34.1. The predicted molar refractivity (Wildman–Crippen MR) is 238 cm³/mol. The molecule has 4 unspecified atom stereocenters. The van der Waals surface area contributed by atoms with E-state index in [1.54, 1.807) is 6.07 Å². The molecule has 2 saturated heterocycles. The van der Waals surface area contributed by atoms with Gasteiger partial charge in [0.15, 0.2) is 6.29 Å². The van der Waals surface area contributed by atoms with E-state index in [0.717, 1.165) is 42.8 Å². The Morgan fingerprint density at radius 3 is 1.88 bits per heavy atom. The molecule has 0 radical (unpaired) electrons. The Hall–Kier alpha value is -6.42. The van der Waals surface area contributed by atoms with Gasteiger partial charge in [-0.1, -0.05) is 50.1 Å². The van der Waals surface area contributed by atoms with Crippen molar-refractivity contribution in [3.63, 3.8) is 0 Å². The Balaban J connectivity index is 1.44. The summed E-state index contributed by atoms with van der Waals surface area (Å²) in [5.74, 6) is -3.81. The molecule has 0 aliphatic carbocycles. The van der Waals surface area contributed by atoms with E-state index in [1.165, 1.54) is 24.3 Å². The number of alkyl halides is 6. The van der Waals surface area contributed by atoms with Gasteiger partial charge in [-0.15, -0.1) is 0 Å². The number of carbonyl (C=O) groups is 6. The zero-order chi connectivity index (χ0) is 52.8. The number of urea groups is 2. The summed E-state index contributed by atoms with van der Waals surface area (Å²) >= 11 is 0. The first-order valence-electron chi connectivity index (χ1n) is 22.5. The minimum absolute atomic E-state index is 0.00439. The van der Waals surface area contributed by atoms with Gasteiger partial charge in [-0.2, -0.15) is 26.3 Å². The molecule has 0 aromatic heterocycles. The van der Waals surface area contributed by atoms with E-state index in [2.05, 4.69) is 31.9 Å². The molecular weight excluding hydrogens is 975 g/mol. The summed E-state index contributed by atoms with van der Waals surface area (Å²) < 4.78 is 104. The van der Waals surface area contributed by atoms with Gasteiger partial charge in [-0.25, -0.2) is 19.2 Å². The number of rotatable bonds is 19. The highest BCUT2D eigenvalue weighted by Gasteiger charge is 2.50. The molecule has 0 bridgehead atoms. The van der Waals surface area contributed by atoms with Crippen LogP contribution in [0.15, 0.2) is 78.9 Å². The third-order valence-electron chi connectivity index (χ3n) is 11.3. The molecule has 2 aliphatic heterocycles. The maximum absolute atomic E-state index is 13.9. The van der Waals surface area contributed by atoms with Gasteiger partial charge >= 0.3 is 36.4 Å². The van der Waals surface area contributed by atoms with E-state index in [-0.39, 0.29) is 23.4 Å². The Morgan fingerprint density at radius 1 is 0.708 bits per heavy atom. The summed E-state index contributed by atoms with van der Waals surface area (Å²) in [6.07, 6.45) is -19.7. The zero-order valence-electron chi connectivity index (χ0n) is 38.3. The topological polar surface area (TPSA) is 292 Å². The molecule has 10 N–H and O–H groups in total. The van der Waals surface area contributed by atoms with E-state index >= 15 is 0 Å². The molecule has 6 amide bonds. The second-order valence-corrected chi connectivity index (χ2v) is 16.6. The first-order valence-corrected chi connectivity index (χ1v) is 22.5. The third-order valence-corrected chi connectivity index (χ3v) is 11.3. The van der Waals surface area contributed by atoms with Crippen LogP contribution in [0.25, 0.3) is 0 Å². The number of unbranched alkanes of at least 4 members (excludes halogenated alkanes) is 2. The Bertz CT molecular complexity index is 2330. The molecule has 394 valence electrons. The summed E-state index contributed by atoms with van der Waals surface area (Å²) in [7, 11) is 0. The number of nitrogens with one attached hydrogen (secondary N) is 6. The van der Waals surface area contributed by atoms with Crippen LogP contribution in [0.5, 0.6) is 0 Å². The number of benzene rings is 3. The van der Waals surface area contributed by atoms with Crippen LogP contribution in [0.3, 0.4) is 0 Å². The number of hydrogen-bond acceptors (Lipinski definition) is 14. The third kappa shape index (κ3) is 16.0. The lowest BCUT2D eigenvalue weighted by molar-refractivity contribution is -0.293. The number of carbonyl (C=O) groups excluding carboxylic acids is 6. The van der Waals surface area contributed by atoms with Gasteiger partial charge in [0.2, 0.25) is 11.8 Å². The second kappa shape index (κ2) is 25.8. The molecule has 20 nitrogen and oxygen atoms in total. The minimum atomic E-state index is -4.80. The number of anilines is 2. The fourth-order valence-electron chi connectivity index (χ4n) is 7.62. The zero-order valence-corrected chi connectivity index (χ0v) is 38.3. The van der Waals surface area contributed by atoms with Crippen molar-refractivity contribution in [2.75, 3.05) is 30.5 Å². The van der Waals surface area contributed by atoms with Crippen molar-refractivity contribution >= 4 is 47.2 Å². The number of hydrogen-bond donors (Lipinski definition) is 10. The van der Waals surface area contributed by atoms with E-state index in [1.807, 2.05) is 6.92 Å². The Kier molecular flexibility index (Phi) is 20.2. The van der Waals surface area contributed by atoms with E-state index in [0.29, 0.717) is 25.0 Å². The van der Waals surface area contributed by atoms with Crippen molar-refractivity contribution in [3.05, 3.63) is 95.6 Å². The van der Waals surface area contributed by atoms with Gasteiger partial charge in [0.05, 0.1) is 48.6 Å². The fourth-order valence-corrected chi connectivity index (χ4v) is 7.62. The lowest BCUT2D eigenvalue weighted by atomic mass is 9.93. The highest BCUT2D eigenvalue weighted by Crippen LogP contribution is 2.33. The van der Waals surface area contributed by atoms with Crippen molar-refractivity contribution < 1.29 is 94.5 Å². The van der Waals surface area contributed by atoms with Gasteiger partial charge in [0.1, 0.15) is 42.6 Å². The average Bonchev–Trinajstić information content (AvgIpc) is 3.33. The summed E-state index contributed by atoms with van der Waals surface area (Å²) in [5.41, 5.74) is -2.95. The normalized spacial score (nSPS) is 23.7. The van der Waals surface area contributed by atoms with E-state index in [4.69, 9.17) is 18.9 Å². The van der Waals surface area contributed by atoms with Crippen LogP contribution >= 0.6 is 0 Å². The molecule has 2 heterocycles. The summed E-state index contributed by atoms with van der Waals surface area (Å²) in [5, 5.41) is 56.8. The lowest BCUT2D eigenvalue weighted by Gasteiger charge is -2.47. The highest BCUT2D eigenvalue weighted by atomic mass is 19.4. The standard InChI is InChI=1S/C46H54F6N6O14/c1-2-3-5-16-33(61)55-29(41(66)72-40(65)24-10-6-4-7-11-24)17-18-34(62)57-35-31(21-59)69-23-30(56-43(67)53-27-14-8-12-25(19-27)45(47,48)49)39(35)71-42-36(38(64)37(63)32(22-60)70-42)58-44(68)54-28-15-9-13-26(20-28)46(50,51)52/h4,6-15,19-20,29-32,35-39,42,59-60,63-64H,2-3,5,16-18,21-23H2,1H3,(H,55,61)(H,57,62)(H2,53,56,67)(H2,54,58,68)/t29-,30?,31?,32?,35+,36?,37+,38-,39-,42+/m1/s1. The Morgan fingerprint density at radius 2 is 1.31 bits per heavy atom. The fraction of sp³-hybridized carbons (Fsp3) is 0.478. The van der Waals surface area contributed by atoms with Crippen molar-refractivity contribution in [2.24, 2.45) is 0 Å². The molecule has 3 aromatic carbocycles. The van der Waals surface area contributed by atoms with Crippen LogP contribution in [0.4, 0.5) is 47.3 Å². The van der Waals surface area contributed by atoms with Crippen LogP contribution in [0, 0.1) is 0 Å². The van der Waals surface area contributed by atoms with Crippen molar-refractivity contribution in [1.82, 2.24) is 21.3 Å². The van der Waals surface area contributed by atoms with Crippen LogP contribution in [0.1, 0.15) is 66.9 Å². The number of ether oxygens (including phenoxy) is 4. The molecule has 0 spiro atoms. The smallest absolute Gasteiger partial charge is 0.394 e. The number of amides is 6. The van der Waals surface area contributed by atoms with Crippen LogP contribution in [0.2, 0.25) is 0 Å². The lowest BCUT2D eigenvalue weighted by Crippen LogP contribution is -2.70. The molecule has 0 saturated carbocycles. The van der Waals surface area contributed by atoms with Crippen molar-refractivity contribution in [3.8, 4) is 0 Å². The minimum Gasteiger partial charge on any atom is -0.394 e. The monoisotopic (exact) mass is 1030 g/mol. The molecule has 3 aromatic rings. The SMILES string of the molecule is CCCCCC(=O)N[C@H](CCC(=O)N[C@H]1C(CO)OCC(NC(=O)Nc2cccc(C(F)(F)F)c2)[C@H]1O[C@@H]1OC(CO)[C@H](O)[C@H](O)C1NC(=O)Nc1cccc(C(F)(F)F)c1)C(=O)OC(=O)c1ccccc1. The number of aliphatic hydroxyl groups is 4. The summed E-state index contributed by atoms with van der Waals surface area (Å²) in [6.45, 7) is -0.546. The maximum atomic E-state index is 13.9. The van der Waals surface area contributed by atoms with Gasteiger partial charge in [-0.05, 0) is 61.4 Å². The molecule has 10 atom stereocenters. The summed E-state index contributed by atoms with van der Waals surface area (Å²) in [6, 6.07) is 5.35. The molecule has 5 rings (SSSR count). The maximum Gasteiger partial charge on any atom is 0.416 e. The van der Waals surface area contributed by atoms with Gasteiger partial charge in [0, 0.05) is 24.2 Å². The number of aliphatic hydroxyl groups excluding tert-OH is 4. The van der Waals surface area contributed by atoms with Gasteiger partial charge in [0.25, 0.3) is 0 Å². The van der Waals surface area contributed by atoms with Crippen molar-refractivity contribution in [2.45, 2.75) is 119 Å². The second-order valence-electron chi connectivity index (χ2n) is 16.6. The largest absolute Gasteiger partial charge is 0.416 e. The molecule has 2 fully saturated rings. The van der Waals surface area contributed by atoms with Crippen molar-refractivity contribution in [1.29, 1.82) is 0 Å². The number of halogens is 6. The molecule has 26 heteroatoms.